The van der Waals surface area contributed by atoms with Gasteiger partial charge in [0, 0.05) is 22.6 Å². The second-order valence-corrected chi connectivity index (χ2v) is 10.9. The van der Waals surface area contributed by atoms with Gasteiger partial charge in [-0.1, -0.05) is 39.2 Å². The van der Waals surface area contributed by atoms with Gasteiger partial charge in [-0.25, -0.2) is 9.59 Å². The van der Waals surface area contributed by atoms with Crippen molar-refractivity contribution >= 4 is 11.9 Å². The fourth-order valence-electron chi connectivity index (χ4n) is 7.92. The third kappa shape index (κ3) is 2.61. The van der Waals surface area contributed by atoms with Crippen molar-refractivity contribution in [2.24, 2.45) is 28.6 Å². The monoisotopic (exact) mass is 434 g/mol. The maximum atomic E-state index is 13.4. The Morgan fingerprint density at radius 1 is 1.06 bits per heavy atom. The highest BCUT2D eigenvalue weighted by Crippen LogP contribution is 2.68. The van der Waals surface area contributed by atoms with Crippen LogP contribution in [0.3, 0.4) is 0 Å². The van der Waals surface area contributed by atoms with Crippen molar-refractivity contribution < 1.29 is 19.1 Å². The Hall–Kier alpha value is -2.10. The molecule has 0 aromatic carbocycles. The molecule has 5 aliphatic carbocycles. The fraction of sp³-hybridized carbons (Fsp3) is 0.643. The molecule has 0 aromatic rings. The molecule has 2 heterocycles. The molecule has 32 heavy (non-hydrogen) atoms. The molecule has 2 bridgehead atoms. The molecule has 0 aromatic heterocycles. The molecule has 4 nitrogen and oxygen atoms in total. The highest BCUT2D eigenvalue weighted by atomic mass is 16.5. The largest absolute Gasteiger partial charge is 0.427 e. The molecule has 4 heteroatoms. The number of carbonyl (C=O) groups is 2. The minimum atomic E-state index is -0.461. The molecule has 0 N–H and O–H groups in total. The van der Waals surface area contributed by atoms with Gasteiger partial charge in [-0.3, -0.25) is 0 Å². The van der Waals surface area contributed by atoms with Crippen LogP contribution in [0.15, 0.2) is 46.5 Å². The Kier molecular flexibility index (Phi) is 4.61. The number of rotatable bonds is 4. The Morgan fingerprint density at radius 3 is 2.62 bits per heavy atom. The van der Waals surface area contributed by atoms with Crippen molar-refractivity contribution in [2.75, 3.05) is 0 Å². The van der Waals surface area contributed by atoms with Crippen LogP contribution in [0, 0.1) is 28.6 Å². The predicted molar refractivity (Wildman–Crippen MR) is 121 cm³/mol. The van der Waals surface area contributed by atoms with Gasteiger partial charge in [-0.05, 0) is 80.8 Å². The number of allylic oxidation sites excluding steroid dienone is 5. The first-order valence-corrected chi connectivity index (χ1v) is 12.9. The first-order valence-electron chi connectivity index (χ1n) is 12.9. The lowest BCUT2D eigenvalue weighted by molar-refractivity contribution is -0.135. The average Bonchev–Trinajstić information content (AvgIpc) is 3.49. The maximum Gasteiger partial charge on any atom is 0.340 e. The number of hydrogen-bond donors (Lipinski definition) is 0. The van der Waals surface area contributed by atoms with E-state index in [0.29, 0.717) is 11.8 Å². The van der Waals surface area contributed by atoms with E-state index >= 15 is 0 Å². The topological polar surface area (TPSA) is 52.6 Å². The summed E-state index contributed by atoms with van der Waals surface area (Å²) in [5, 5.41) is 0. The number of esters is 2. The van der Waals surface area contributed by atoms with Crippen LogP contribution in [0.25, 0.3) is 0 Å². The van der Waals surface area contributed by atoms with Gasteiger partial charge in [0.05, 0.1) is 5.41 Å². The molecule has 7 aliphatic rings. The summed E-state index contributed by atoms with van der Waals surface area (Å²) < 4.78 is 11.9. The lowest BCUT2D eigenvalue weighted by atomic mass is 9.47. The molecule has 1 spiro atoms. The average molecular weight is 435 g/mol. The highest BCUT2D eigenvalue weighted by Gasteiger charge is 2.66. The molecule has 3 fully saturated rings. The van der Waals surface area contributed by atoms with Crippen LogP contribution in [0.5, 0.6) is 0 Å². The molecule has 7 rings (SSSR count). The summed E-state index contributed by atoms with van der Waals surface area (Å²) in [7, 11) is 0. The van der Waals surface area contributed by atoms with E-state index < -0.39 is 5.41 Å². The smallest absolute Gasteiger partial charge is 0.340 e. The zero-order chi connectivity index (χ0) is 22.1. The lowest BCUT2D eigenvalue weighted by Gasteiger charge is -2.54. The summed E-state index contributed by atoms with van der Waals surface area (Å²) in [6.07, 6.45) is 18.4. The first-order chi connectivity index (χ1) is 15.5. The van der Waals surface area contributed by atoms with Crippen LogP contribution in [-0.2, 0) is 19.1 Å². The van der Waals surface area contributed by atoms with Crippen LogP contribution in [0.1, 0.15) is 84.5 Å². The van der Waals surface area contributed by atoms with Gasteiger partial charge >= 0.3 is 11.9 Å². The summed E-state index contributed by atoms with van der Waals surface area (Å²) in [5.41, 5.74) is 2.52. The minimum Gasteiger partial charge on any atom is -0.427 e. The number of unbranched alkanes of at least 4 members (excludes halogenated alkanes) is 1. The van der Waals surface area contributed by atoms with Crippen molar-refractivity contribution in [1.29, 1.82) is 0 Å². The van der Waals surface area contributed by atoms with Gasteiger partial charge in [-0.2, -0.15) is 0 Å². The zero-order valence-electron chi connectivity index (χ0n) is 19.4. The fourth-order valence-corrected chi connectivity index (χ4v) is 7.92. The van der Waals surface area contributed by atoms with Gasteiger partial charge in [0.2, 0.25) is 0 Å². The standard InChI is InChI=1S/C28H34O4/c1-3-5-8-22-28-14-11-17(15-20(28)25(29)32-22)18-9-10-19-21(31-26(30)23(19)24(18)28)16-27(4-2)12-6-7-13-27/h8,15-18,24H,3-7,9-14H2,1-2H3/b21-16?,22-8-/t17-,18+,24-,28+/m1/s1. The Balaban J connectivity index is 1.49. The van der Waals surface area contributed by atoms with Crippen LogP contribution in [-0.4, -0.2) is 11.9 Å². The van der Waals surface area contributed by atoms with E-state index in [1.165, 1.54) is 25.7 Å². The maximum absolute atomic E-state index is 13.4. The first kappa shape index (κ1) is 20.5. The molecule has 0 unspecified atom stereocenters. The molecular formula is C28H34O4. The van der Waals surface area contributed by atoms with E-state index in [4.69, 9.17) is 9.47 Å². The van der Waals surface area contributed by atoms with E-state index in [-0.39, 0.29) is 23.3 Å². The summed E-state index contributed by atoms with van der Waals surface area (Å²) in [5.74, 6) is 2.05. The van der Waals surface area contributed by atoms with Crippen LogP contribution in [0.2, 0.25) is 0 Å². The van der Waals surface area contributed by atoms with Crippen LogP contribution >= 0.6 is 0 Å². The Labute approximate surface area is 190 Å². The third-order valence-electron chi connectivity index (χ3n) is 9.55. The van der Waals surface area contributed by atoms with Crippen LogP contribution < -0.4 is 0 Å². The SMILES string of the molecule is CCC/C=C1\OC(=O)C2=C[C@H]3CC[C@]21[C@H]1C2=C(CC[C@@H]31)C(=CC1(CC)CCCC1)OC2=O. The van der Waals surface area contributed by atoms with Gasteiger partial charge in [0.15, 0.2) is 0 Å². The number of ether oxygens (including phenoxy) is 2. The predicted octanol–water partition coefficient (Wildman–Crippen LogP) is 6.30. The van der Waals surface area contributed by atoms with E-state index in [0.717, 1.165) is 73.2 Å². The van der Waals surface area contributed by atoms with E-state index in [1.54, 1.807) is 0 Å². The molecule has 2 saturated carbocycles. The molecular weight excluding hydrogens is 400 g/mol. The summed E-state index contributed by atoms with van der Waals surface area (Å²) in [6, 6.07) is 0. The summed E-state index contributed by atoms with van der Waals surface area (Å²) in [6.45, 7) is 4.40. The van der Waals surface area contributed by atoms with Gasteiger partial charge < -0.3 is 9.47 Å². The third-order valence-corrected chi connectivity index (χ3v) is 9.55. The summed E-state index contributed by atoms with van der Waals surface area (Å²) >= 11 is 0. The number of carbonyl (C=O) groups excluding carboxylic acids is 2. The molecule has 4 atom stereocenters. The minimum absolute atomic E-state index is 0.0131. The Morgan fingerprint density at radius 2 is 1.88 bits per heavy atom. The Bertz CT molecular complexity index is 1000. The van der Waals surface area contributed by atoms with Crippen molar-refractivity contribution in [3.05, 3.63) is 46.5 Å². The normalized spacial score (nSPS) is 39.2. The second-order valence-electron chi connectivity index (χ2n) is 10.9. The number of fused-ring (bicyclic) bond motifs is 1. The zero-order valence-corrected chi connectivity index (χ0v) is 19.4. The van der Waals surface area contributed by atoms with Gasteiger partial charge in [0.1, 0.15) is 11.5 Å². The number of cyclic esters (lactones) is 2. The quantitative estimate of drug-likeness (QED) is 0.487. The summed E-state index contributed by atoms with van der Waals surface area (Å²) in [4.78, 5) is 26.3. The molecule has 170 valence electrons. The molecule has 0 amide bonds. The number of hydrogen-bond acceptors (Lipinski definition) is 4. The van der Waals surface area contributed by atoms with Gasteiger partial charge in [-0.15, -0.1) is 0 Å². The molecule has 1 saturated heterocycles. The molecule has 2 aliphatic heterocycles. The van der Waals surface area contributed by atoms with E-state index in [2.05, 4.69) is 32.1 Å². The lowest BCUT2D eigenvalue weighted by Crippen LogP contribution is -2.50. The highest BCUT2D eigenvalue weighted by molar-refractivity contribution is 5.99. The van der Waals surface area contributed by atoms with E-state index in [1.807, 2.05) is 0 Å². The van der Waals surface area contributed by atoms with Crippen molar-refractivity contribution in [3.8, 4) is 0 Å². The van der Waals surface area contributed by atoms with Crippen molar-refractivity contribution in [2.45, 2.75) is 84.5 Å². The van der Waals surface area contributed by atoms with Crippen molar-refractivity contribution in [1.82, 2.24) is 0 Å². The van der Waals surface area contributed by atoms with E-state index in [9.17, 15) is 9.59 Å². The molecule has 0 radical (unpaired) electrons. The second kappa shape index (κ2) is 7.20. The van der Waals surface area contributed by atoms with Gasteiger partial charge in [0.25, 0.3) is 0 Å². The van der Waals surface area contributed by atoms with Crippen LogP contribution in [0.4, 0.5) is 0 Å². The van der Waals surface area contributed by atoms with Crippen molar-refractivity contribution in [3.63, 3.8) is 0 Å².